The quantitative estimate of drug-likeness (QED) is 0.702. The highest BCUT2D eigenvalue weighted by atomic mass is 32.2. The third-order valence-electron chi connectivity index (χ3n) is 4.60. The summed E-state index contributed by atoms with van der Waals surface area (Å²) in [6.07, 6.45) is 1.70. The third-order valence-corrected chi connectivity index (χ3v) is 5.64. The number of hydrogen-bond donors (Lipinski definition) is 2. The minimum atomic E-state index is -0.525. The summed E-state index contributed by atoms with van der Waals surface area (Å²) in [5, 5.41) is 3.42. The number of fused-ring (bicyclic) bond motifs is 3. The Labute approximate surface area is 147 Å². The number of amidine groups is 1. The maximum Gasteiger partial charge on any atom is 0.413 e. The Hall–Kier alpha value is -1.69. The van der Waals surface area contributed by atoms with Gasteiger partial charge in [-0.2, -0.15) is 0 Å². The zero-order valence-electron chi connectivity index (χ0n) is 14.7. The van der Waals surface area contributed by atoms with Crippen molar-refractivity contribution in [2.24, 2.45) is 10.9 Å². The van der Waals surface area contributed by atoms with Gasteiger partial charge in [-0.05, 0) is 69.7 Å². The number of thioether (sulfide) groups is 1. The van der Waals surface area contributed by atoms with Crippen LogP contribution in [0.15, 0.2) is 23.2 Å². The van der Waals surface area contributed by atoms with Crippen LogP contribution in [-0.2, 0) is 16.7 Å². The Balaban J connectivity index is 1.89. The summed E-state index contributed by atoms with van der Waals surface area (Å²) < 4.78 is 5.33. The summed E-state index contributed by atoms with van der Waals surface area (Å²) in [6, 6.07) is 6.08. The number of carbonyl (C=O) groups excluding carboxylic acids is 1. The van der Waals surface area contributed by atoms with E-state index in [1.807, 2.05) is 32.9 Å². The first kappa shape index (κ1) is 17.1. The Kier molecular flexibility index (Phi) is 4.28. The molecule has 0 fully saturated rings. The van der Waals surface area contributed by atoms with Crippen molar-refractivity contribution in [1.82, 2.24) is 5.32 Å². The molecular formula is C18H25N3O2S. The lowest BCUT2D eigenvalue weighted by atomic mass is 9.71. The van der Waals surface area contributed by atoms with Crippen molar-refractivity contribution in [1.29, 1.82) is 0 Å². The Morgan fingerprint density at radius 1 is 1.46 bits per heavy atom. The van der Waals surface area contributed by atoms with Gasteiger partial charge in [-0.1, -0.05) is 17.8 Å². The van der Waals surface area contributed by atoms with Crippen molar-refractivity contribution < 1.29 is 9.53 Å². The smallest absolute Gasteiger partial charge is 0.413 e. The largest absolute Gasteiger partial charge is 0.444 e. The molecule has 1 aliphatic carbocycles. The topological polar surface area (TPSA) is 76.7 Å². The molecule has 1 heterocycles. The number of aliphatic imine (C=N–C) groups is 1. The van der Waals surface area contributed by atoms with Crippen LogP contribution in [-0.4, -0.2) is 22.6 Å². The number of aryl methyl sites for hydroxylation is 1. The molecule has 130 valence electrons. The molecule has 3 rings (SSSR count). The molecule has 2 aliphatic rings. The van der Waals surface area contributed by atoms with Crippen LogP contribution in [0.3, 0.4) is 0 Å². The van der Waals surface area contributed by atoms with Gasteiger partial charge in [-0.3, -0.25) is 10.3 Å². The summed E-state index contributed by atoms with van der Waals surface area (Å²) >= 11 is 1.59. The van der Waals surface area contributed by atoms with Crippen LogP contribution in [0.5, 0.6) is 0 Å². The number of alkyl carbamates (subject to hydrolysis) is 1. The lowest BCUT2D eigenvalue weighted by Crippen LogP contribution is -2.44. The lowest BCUT2D eigenvalue weighted by molar-refractivity contribution is 0.0564. The fraction of sp³-hybridized carbons (Fsp3) is 0.556. The number of carbonyl (C=O) groups is 1. The number of nitrogens with zero attached hydrogens (tertiary/aromatic N) is 1. The van der Waals surface area contributed by atoms with Crippen LogP contribution in [0.2, 0.25) is 0 Å². The van der Waals surface area contributed by atoms with Gasteiger partial charge in [-0.15, -0.1) is 0 Å². The van der Waals surface area contributed by atoms with Crippen LogP contribution >= 0.6 is 11.8 Å². The second-order valence-electron chi connectivity index (χ2n) is 7.65. The highest BCUT2D eigenvalue weighted by Crippen LogP contribution is 2.47. The van der Waals surface area contributed by atoms with Crippen LogP contribution in [0.4, 0.5) is 10.5 Å². The molecule has 0 spiro atoms. The van der Waals surface area contributed by atoms with E-state index in [2.05, 4.69) is 18.3 Å². The molecule has 0 aromatic heterocycles. The fourth-order valence-electron chi connectivity index (χ4n) is 3.39. The number of hydrogen-bond acceptors (Lipinski definition) is 5. The van der Waals surface area contributed by atoms with E-state index in [4.69, 9.17) is 15.5 Å². The number of benzene rings is 1. The first-order chi connectivity index (χ1) is 11.2. The minimum Gasteiger partial charge on any atom is -0.444 e. The van der Waals surface area contributed by atoms with E-state index in [1.54, 1.807) is 11.8 Å². The molecule has 2 atom stereocenters. The van der Waals surface area contributed by atoms with Crippen LogP contribution < -0.4 is 11.1 Å². The van der Waals surface area contributed by atoms with E-state index >= 15 is 0 Å². The molecule has 0 saturated heterocycles. The fourth-order valence-corrected chi connectivity index (χ4v) is 4.65. The van der Waals surface area contributed by atoms with Crippen molar-refractivity contribution in [3.05, 3.63) is 29.3 Å². The normalized spacial score (nSPS) is 26.0. The first-order valence-corrected chi connectivity index (χ1v) is 9.27. The number of anilines is 1. The number of nitrogens with one attached hydrogen (secondary N) is 1. The van der Waals surface area contributed by atoms with Crippen molar-refractivity contribution >= 4 is 28.7 Å². The van der Waals surface area contributed by atoms with E-state index in [0.29, 0.717) is 11.1 Å². The molecule has 1 aromatic rings. The molecule has 24 heavy (non-hydrogen) atoms. The number of ether oxygens (including phenoxy) is 1. The zero-order valence-corrected chi connectivity index (χ0v) is 15.5. The predicted molar refractivity (Wildman–Crippen MR) is 99.3 cm³/mol. The number of nitrogen functional groups attached to an aromatic ring is 1. The van der Waals surface area contributed by atoms with Crippen LogP contribution in [0.25, 0.3) is 0 Å². The summed E-state index contributed by atoms with van der Waals surface area (Å²) in [7, 11) is 0. The molecule has 1 aliphatic heterocycles. The number of nitrogens with two attached hydrogens (primary N) is 1. The van der Waals surface area contributed by atoms with Gasteiger partial charge < -0.3 is 10.5 Å². The molecule has 0 saturated carbocycles. The van der Waals surface area contributed by atoms with E-state index in [9.17, 15) is 4.79 Å². The van der Waals surface area contributed by atoms with Gasteiger partial charge >= 0.3 is 6.09 Å². The van der Waals surface area contributed by atoms with Crippen molar-refractivity contribution in [3.63, 3.8) is 0 Å². The number of amides is 1. The molecule has 3 N–H and O–H groups in total. The van der Waals surface area contributed by atoms with Crippen molar-refractivity contribution in [2.75, 3.05) is 11.5 Å². The molecule has 0 bridgehead atoms. The Morgan fingerprint density at radius 3 is 2.92 bits per heavy atom. The average Bonchev–Trinajstić information content (AvgIpc) is 2.45. The second-order valence-corrected chi connectivity index (χ2v) is 8.66. The van der Waals surface area contributed by atoms with Gasteiger partial charge in [0, 0.05) is 11.4 Å². The third kappa shape index (κ3) is 3.38. The van der Waals surface area contributed by atoms with Crippen molar-refractivity contribution in [2.45, 2.75) is 51.7 Å². The molecule has 5 nitrogen and oxygen atoms in total. The second kappa shape index (κ2) is 5.99. The predicted octanol–water partition coefficient (Wildman–Crippen LogP) is 3.67. The van der Waals surface area contributed by atoms with Gasteiger partial charge in [0.15, 0.2) is 5.17 Å². The minimum absolute atomic E-state index is 0.349. The van der Waals surface area contributed by atoms with E-state index in [0.717, 1.165) is 24.3 Å². The molecule has 6 heteroatoms. The molecule has 0 unspecified atom stereocenters. The molecule has 0 radical (unpaired) electrons. The summed E-state index contributed by atoms with van der Waals surface area (Å²) in [5.41, 5.74) is 8.37. The van der Waals surface area contributed by atoms with Crippen LogP contribution in [0, 0.1) is 5.92 Å². The number of rotatable bonds is 0. The molecule has 1 aromatic carbocycles. The Morgan fingerprint density at radius 2 is 2.21 bits per heavy atom. The Bertz CT molecular complexity index is 696. The standard InChI is InChI=1S/C18H25N3O2S/c1-17(2,3)23-16(22)20-15-21-18(4)12(10-24-15)7-5-11-6-8-13(19)9-14(11)18/h6,8-9,12H,5,7,10,19H2,1-4H3,(H,20,21,22)/t12-,18+/m1/s1. The summed E-state index contributed by atoms with van der Waals surface area (Å²) in [5.74, 6) is 1.38. The van der Waals surface area contributed by atoms with Gasteiger partial charge in [0.1, 0.15) is 5.60 Å². The average molecular weight is 347 g/mol. The maximum atomic E-state index is 12.0. The van der Waals surface area contributed by atoms with Gasteiger partial charge in [0.25, 0.3) is 0 Å². The highest BCUT2D eigenvalue weighted by molar-refractivity contribution is 8.13. The summed E-state index contributed by atoms with van der Waals surface area (Å²) in [6.45, 7) is 7.69. The van der Waals surface area contributed by atoms with Gasteiger partial charge in [0.05, 0.1) is 5.54 Å². The maximum absolute atomic E-state index is 12.0. The summed E-state index contributed by atoms with van der Waals surface area (Å²) in [4.78, 5) is 16.9. The SMILES string of the molecule is CC(C)(C)OC(=O)NC1=N[C@]2(C)c3cc(N)ccc3CC[C@@H]2CS1. The van der Waals surface area contributed by atoms with E-state index < -0.39 is 11.7 Å². The van der Waals surface area contributed by atoms with Crippen molar-refractivity contribution in [3.8, 4) is 0 Å². The lowest BCUT2D eigenvalue weighted by Gasteiger charge is -2.43. The molecular weight excluding hydrogens is 322 g/mol. The zero-order chi connectivity index (χ0) is 17.5. The van der Waals surface area contributed by atoms with E-state index in [-0.39, 0.29) is 5.54 Å². The van der Waals surface area contributed by atoms with Gasteiger partial charge in [-0.25, -0.2) is 4.79 Å². The van der Waals surface area contributed by atoms with E-state index in [1.165, 1.54) is 11.1 Å². The van der Waals surface area contributed by atoms with Crippen LogP contribution in [0.1, 0.15) is 45.2 Å². The monoisotopic (exact) mass is 347 g/mol. The van der Waals surface area contributed by atoms with Gasteiger partial charge in [0.2, 0.25) is 0 Å². The first-order valence-electron chi connectivity index (χ1n) is 8.29. The highest BCUT2D eigenvalue weighted by Gasteiger charge is 2.43. The molecule has 1 amide bonds.